The maximum atomic E-state index is 12.0. The molecule has 25 heavy (non-hydrogen) atoms. The van der Waals surface area contributed by atoms with E-state index < -0.39 is 24.7 Å². The van der Waals surface area contributed by atoms with Crippen LogP contribution < -0.4 is 16.0 Å². The summed E-state index contributed by atoms with van der Waals surface area (Å²) in [5.74, 6) is -3.28. The Labute approximate surface area is 141 Å². The van der Waals surface area contributed by atoms with E-state index in [-0.39, 0.29) is 6.54 Å². The number of nitrogens with two attached hydrogens (primary N) is 1. The van der Waals surface area contributed by atoms with E-state index in [1.165, 1.54) is 0 Å². The van der Waals surface area contributed by atoms with E-state index in [2.05, 4.69) is 15.0 Å². The van der Waals surface area contributed by atoms with Gasteiger partial charge in [0, 0.05) is 31.0 Å². The van der Waals surface area contributed by atoms with Crippen molar-refractivity contribution in [2.45, 2.75) is 12.7 Å². The number of carbonyl (C=O) groups excluding carboxylic acids is 2. The first kappa shape index (κ1) is 19.0. The minimum absolute atomic E-state index is 0.222. The Morgan fingerprint density at radius 1 is 1.28 bits per heavy atom. The second-order valence-corrected chi connectivity index (χ2v) is 5.27. The number of benzene rings is 1. The van der Waals surface area contributed by atoms with Gasteiger partial charge in [-0.1, -0.05) is 0 Å². The zero-order valence-corrected chi connectivity index (χ0v) is 13.3. The highest BCUT2D eigenvalue weighted by Crippen LogP contribution is 2.25. The second-order valence-electron chi connectivity index (χ2n) is 5.27. The molecule has 0 bridgehead atoms. The van der Waals surface area contributed by atoms with Crippen molar-refractivity contribution >= 4 is 23.3 Å². The van der Waals surface area contributed by atoms with Gasteiger partial charge < -0.3 is 25.4 Å². The third kappa shape index (κ3) is 5.33. The summed E-state index contributed by atoms with van der Waals surface area (Å²) < 4.78 is 45.2. The Kier molecular flexibility index (Phi) is 6.21. The average molecular weight is 361 g/mol. The van der Waals surface area contributed by atoms with Gasteiger partial charge in [-0.15, -0.1) is 0 Å². The summed E-state index contributed by atoms with van der Waals surface area (Å²) in [6.45, 7) is 1.83. The minimum atomic E-state index is -5.13. The van der Waals surface area contributed by atoms with E-state index in [1.807, 2.05) is 0 Å². The maximum absolute atomic E-state index is 12.0. The summed E-state index contributed by atoms with van der Waals surface area (Å²) in [6, 6.07) is 5.01. The number of halogens is 3. The number of amides is 1. The molecule has 0 atom stereocenters. The standard InChI is InChI=1S/C15H18F3N3O4/c16-15(17,18)14(23)25-9-13(22)20-11-1-2-12(10(7-11)8-19)21-3-5-24-6-4-21/h1-2,7H,3-6,8-9,19H2,(H,20,22). The molecule has 0 unspecified atom stereocenters. The molecule has 2 rings (SSSR count). The summed E-state index contributed by atoms with van der Waals surface area (Å²) in [4.78, 5) is 24.3. The Balaban J connectivity index is 1.98. The van der Waals surface area contributed by atoms with Crippen LogP contribution in [-0.4, -0.2) is 51.0 Å². The molecule has 7 nitrogen and oxygen atoms in total. The molecule has 138 valence electrons. The van der Waals surface area contributed by atoms with Crippen LogP contribution in [0.2, 0.25) is 0 Å². The van der Waals surface area contributed by atoms with E-state index in [9.17, 15) is 22.8 Å². The van der Waals surface area contributed by atoms with Crippen LogP contribution in [0.1, 0.15) is 5.56 Å². The van der Waals surface area contributed by atoms with Gasteiger partial charge in [-0.3, -0.25) is 4.79 Å². The number of rotatable bonds is 5. The summed E-state index contributed by atoms with van der Waals surface area (Å²) in [5.41, 5.74) is 7.77. The lowest BCUT2D eigenvalue weighted by atomic mass is 10.1. The summed E-state index contributed by atoms with van der Waals surface area (Å²) in [5, 5.41) is 2.37. The zero-order valence-electron chi connectivity index (χ0n) is 13.3. The molecule has 0 radical (unpaired) electrons. The minimum Gasteiger partial charge on any atom is -0.449 e. The van der Waals surface area contributed by atoms with Crippen molar-refractivity contribution in [2.24, 2.45) is 5.73 Å². The van der Waals surface area contributed by atoms with Crippen LogP contribution in [0.25, 0.3) is 0 Å². The molecule has 1 amide bonds. The summed E-state index contributed by atoms with van der Waals surface area (Å²) >= 11 is 0. The Morgan fingerprint density at radius 3 is 2.56 bits per heavy atom. The van der Waals surface area contributed by atoms with Crippen LogP contribution in [0.3, 0.4) is 0 Å². The van der Waals surface area contributed by atoms with Crippen molar-refractivity contribution < 1.29 is 32.2 Å². The first-order chi connectivity index (χ1) is 11.8. The summed E-state index contributed by atoms with van der Waals surface area (Å²) in [7, 11) is 0. The fraction of sp³-hybridized carbons (Fsp3) is 0.467. The smallest absolute Gasteiger partial charge is 0.449 e. The number of hydrogen-bond donors (Lipinski definition) is 2. The SMILES string of the molecule is NCc1cc(NC(=O)COC(=O)C(F)(F)F)ccc1N1CCOCC1. The number of esters is 1. The lowest BCUT2D eigenvalue weighted by molar-refractivity contribution is -0.199. The van der Waals surface area contributed by atoms with Crippen molar-refractivity contribution in [1.29, 1.82) is 0 Å². The Hall–Kier alpha value is -2.33. The van der Waals surface area contributed by atoms with Gasteiger partial charge in [-0.05, 0) is 23.8 Å². The summed E-state index contributed by atoms with van der Waals surface area (Å²) in [6.07, 6.45) is -5.13. The highest BCUT2D eigenvalue weighted by Gasteiger charge is 2.41. The second kappa shape index (κ2) is 8.17. The number of anilines is 2. The fourth-order valence-corrected chi connectivity index (χ4v) is 2.35. The number of carbonyl (C=O) groups is 2. The molecular formula is C15H18F3N3O4. The van der Waals surface area contributed by atoms with Crippen molar-refractivity contribution in [2.75, 3.05) is 43.1 Å². The normalized spacial score (nSPS) is 15.0. The number of nitrogens with one attached hydrogen (secondary N) is 1. The Morgan fingerprint density at radius 2 is 1.96 bits per heavy atom. The highest BCUT2D eigenvalue weighted by atomic mass is 19.4. The molecule has 1 fully saturated rings. The highest BCUT2D eigenvalue weighted by molar-refractivity contribution is 5.93. The molecule has 0 aliphatic carbocycles. The fourth-order valence-electron chi connectivity index (χ4n) is 2.35. The van der Waals surface area contributed by atoms with E-state index in [4.69, 9.17) is 10.5 Å². The molecular weight excluding hydrogens is 343 g/mol. The quantitative estimate of drug-likeness (QED) is 0.761. The van der Waals surface area contributed by atoms with Crippen molar-refractivity contribution in [3.05, 3.63) is 23.8 Å². The molecule has 1 heterocycles. The number of ether oxygens (including phenoxy) is 2. The largest absolute Gasteiger partial charge is 0.490 e. The molecule has 3 N–H and O–H groups in total. The lowest BCUT2D eigenvalue weighted by Crippen LogP contribution is -2.37. The molecule has 1 aliphatic heterocycles. The Bertz CT molecular complexity index is 631. The van der Waals surface area contributed by atoms with Crippen LogP contribution in [0.5, 0.6) is 0 Å². The van der Waals surface area contributed by atoms with Crippen LogP contribution in [-0.2, 0) is 25.6 Å². The van der Waals surface area contributed by atoms with Gasteiger partial charge in [-0.2, -0.15) is 13.2 Å². The first-order valence-electron chi connectivity index (χ1n) is 7.50. The number of alkyl halides is 3. The monoisotopic (exact) mass is 361 g/mol. The van der Waals surface area contributed by atoms with Gasteiger partial charge in [0.2, 0.25) is 0 Å². The van der Waals surface area contributed by atoms with Gasteiger partial charge in [0.15, 0.2) is 6.61 Å². The molecule has 1 aromatic rings. The zero-order chi connectivity index (χ0) is 18.4. The average Bonchev–Trinajstić information content (AvgIpc) is 2.59. The number of morpholine rings is 1. The van der Waals surface area contributed by atoms with E-state index >= 15 is 0 Å². The third-order valence-electron chi connectivity index (χ3n) is 3.50. The lowest BCUT2D eigenvalue weighted by Gasteiger charge is -2.30. The van der Waals surface area contributed by atoms with E-state index in [0.717, 1.165) is 11.3 Å². The molecule has 0 spiro atoms. The topological polar surface area (TPSA) is 93.9 Å². The maximum Gasteiger partial charge on any atom is 0.490 e. The van der Waals surface area contributed by atoms with Crippen LogP contribution in [0, 0.1) is 0 Å². The van der Waals surface area contributed by atoms with Gasteiger partial charge in [-0.25, -0.2) is 4.79 Å². The molecule has 0 aromatic heterocycles. The number of hydrogen-bond acceptors (Lipinski definition) is 6. The van der Waals surface area contributed by atoms with Gasteiger partial charge in [0.05, 0.1) is 13.2 Å². The molecule has 0 saturated carbocycles. The molecule has 10 heteroatoms. The first-order valence-corrected chi connectivity index (χ1v) is 7.50. The van der Waals surface area contributed by atoms with Gasteiger partial charge in [0.1, 0.15) is 0 Å². The van der Waals surface area contributed by atoms with Crippen LogP contribution in [0.4, 0.5) is 24.5 Å². The van der Waals surface area contributed by atoms with Crippen molar-refractivity contribution in [1.82, 2.24) is 0 Å². The predicted molar refractivity (Wildman–Crippen MR) is 83.0 cm³/mol. The molecule has 1 aliphatic rings. The van der Waals surface area contributed by atoms with E-state index in [1.54, 1.807) is 18.2 Å². The van der Waals surface area contributed by atoms with Crippen LogP contribution >= 0.6 is 0 Å². The van der Waals surface area contributed by atoms with Crippen molar-refractivity contribution in [3.8, 4) is 0 Å². The number of nitrogens with zero attached hydrogens (tertiary/aromatic N) is 1. The molecule has 1 aromatic carbocycles. The molecule has 1 saturated heterocycles. The van der Waals surface area contributed by atoms with E-state index in [0.29, 0.717) is 32.0 Å². The van der Waals surface area contributed by atoms with Gasteiger partial charge in [0.25, 0.3) is 5.91 Å². The predicted octanol–water partition coefficient (Wildman–Crippen LogP) is 1.03. The van der Waals surface area contributed by atoms with Gasteiger partial charge >= 0.3 is 12.1 Å². The van der Waals surface area contributed by atoms with Crippen LogP contribution in [0.15, 0.2) is 18.2 Å². The van der Waals surface area contributed by atoms with Crippen molar-refractivity contribution in [3.63, 3.8) is 0 Å². The third-order valence-corrected chi connectivity index (χ3v) is 3.50.